The van der Waals surface area contributed by atoms with E-state index in [1.165, 1.54) is 0 Å². The van der Waals surface area contributed by atoms with E-state index >= 15 is 0 Å². The number of nitrogens with one attached hydrogen (secondary N) is 2. The Morgan fingerprint density at radius 3 is 2.52 bits per heavy atom. The lowest BCUT2D eigenvalue weighted by molar-refractivity contribution is 0.180. The van der Waals surface area contributed by atoms with Gasteiger partial charge in [0.15, 0.2) is 15.8 Å². The number of halogens is 1. The van der Waals surface area contributed by atoms with Crippen molar-refractivity contribution in [3.63, 3.8) is 0 Å². The Morgan fingerprint density at radius 1 is 1.19 bits per heavy atom. The lowest BCUT2D eigenvalue weighted by Crippen LogP contribution is -2.40. The average Bonchev–Trinajstić information content (AvgIpc) is 2.62. The molecule has 0 saturated heterocycles. The third-order valence-corrected chi connectivity index (χ3v) is 5.48. The number of rotatable bonds is 12. The maximum absolute atomic E-state index is 12.3. The Hall–Kier alpha value is -0.910. The van der Waals surface area contributed by atoms with Crippen LogP contribution in [0.5, 0.6) is 0 Å². The number of aliphatic imine (C=N–C) groups is 1. The highest BCUT2D eigenvalue weighted by Crippen LogP contribution is 2.09. The molecule has 0 aliphatic heterocycles. The van der Waals surface area contributed by atoms with Crippen molar-refractivity contribution < 1.29 is 13.2 Å². The van der Waals surface area contributed by atoms with E-state index in [-0.39, 0.29) is 29.7 Å². The van der Waals surface area contributed by atoms with E-state index in [4.69, 9.17) is 4.74 Å². The Morgan fingerprint density at radius 2 is 1.89 bits per heavy atom. The van der Waals surface area contributed by atoms with Crippen LogP contribution in [0.4, 0.5) is 0 Å². The van der Waals surface area contributed by atoms with Crippen LogP contribution in [0.15, 0.2) is 40.2 Å². The van der Waals surface area contributed by atoms with Gasteiger partial charge in [-0.05, 0) is 32.5 Å². The van der Waals surface area contributed by atoms with Gasteiger partial charge in [-0.15, -0.1) is 24.0 Å². The lowest BCUT2D eigenvalue weighted by atomic mass is 10.4. The second-order valence-electron chi connectivity index (χ2n) is 5.97. The fourth-order valence-corrected chi connectivity index (χ4v) is 3.49. The number of hydrogen-bond donors (Lipinski definition) is 2. The average molecular weight is 512 g/mol. The van der Waals surface area contributed by atoms with E-state index in [9.17, 15) is 8.42 Å². The van der Waals surface area contributed by atoms with Gasteiger partial charge in [0.1, 0.15) is 0 Å². The smallest absolute Gasteiger partial charge is 0.191 e. The van der Waals surface area contributed by atoms with Crippen LogP contribution in [0, 0.1) is 0 Å². The monoisotopic (exact) mass is 512 g/mol. The molecule has 0 unspecified atom stereocenters. The van der Waals surface area contributed by atoms with Crippen LogP contribution in [0.2, 0.25) is 0 Å². The van der Waals surface area contributed by atoms with Gasteiger partial charge in [0.25, 0.3) is 0 Å². The topological polar surface area (TPSA) is 83.0 Å². The van der Waals surface area contributed by atoms with E-state index < -0.39 is 9.84 Å². The maximum atomic E-state index is 12.3. The first-order chi connectivity index (χ1) is 12.5. The summed E-state index contributed by atoms with van der Waals surface area (Å²) < 4.78 is 29.6. The molecule has 0 bridgehead atoms. The zero-order valence-corrected chi connectivity index (χ0v) is 19.6. The molecule has 0 atom stereocenters. The molecule has 0 aliphatic rings. The minimum Gasteiger partial charge on any atom is -0.385 e. The third kappa shape index (κ3) is 11.5. The number of hydrogen-bond acceptors (Lipinski definition) is 5. The number of methoxy groups -OCH3 is 1. The van der Waals surface area contributed by atoms with E-state index in [0.29, 0.717) is 23.9 Å². The van der Waals surface area contributed by atoms with Gasteiger partial charge >= 0.3 is 0 Å². The van der Waals surface area contributed by atoms with Gasteiger partial charge in [-0.2, -0.15) is 0 Å². The standard InChI is InChI=1S/C18H32N4O3S.HI/c1-4-19-18(20-11-14-22(2)13-8-15-25-3)21-12-16-26(23,24)17-9-6-5-7-10-17;/h5-7,9-10H,4,8,11-16H2,1-3H3,(H2,19,20,21);1H. The molecular weight excluding hydrogens is 479 g/mol. The summed E-state index contributed by atoms with van der Waals surface area (Å²) in [4.78, 5) is 7.05. The maximum Gasteiger partial charge on any atom is 0.191 e. The van der Waals surface area contributed by atoms with Crippen LogP contribution in [0.25, 0.3) is 0 Å². The molecule has 27 heavy (non-hydrogen) atoms. The first-order valence-corrected chi connectivity index (χ1v) is 10.6. The van der Waals surface area contributed by atoms with Crippen LogP contribution in [0.1, 0.15) is 13.3 Å². The third-order valence-electron chi connectivity index (χ3n) is 3.75. The largest absolute Gasteiger partial charge is 0.385 e. The molecule has 0 radical (unpaired) electrons. The summed E-state index contributed by atoms with van der Waals surface area (Å²) in [5, 5.41) is 6.23. The normalized spacial score (nSPS) is 11.9. The molecule has 0 fully saturated rings. The highest BCUT2D eigenvalue weighted by Gasteiger charge is 2.13. The highest BCUT2D eigenvalue weighted by atomic mass is 127. The van der Waals surface area contributed by atoms with E-state index in [0.717, 1.165) is 32.7 Å². The summed E-state index contributed by atoms with van der Waals surface area (Å²) >= 11 is 0. The number of sulfone groups is 1. The van der Waals surface area contributed by atoms with Gasteiger partial charge in [0.05, 0.1) is 17.2 Å². The Bertz CT molecular complexity index is 627. The highest BCUT2D eigenvalue weighted by molar-refractivity contribution is 14.0. The predicted octanol–water partition coefficient (Wildman–Crippen LogP) is 1.60. The molecule has 156 valence electrons. The Kier molecular flexibility index (Phi) is 14.6. The fraction of sp³-hybridized carbons (Fsp3) is 0.611. The molecular formula is C18H33IN4O3S. The second kappa shape index (κ2) is 15.1. The van der Waals surface area contributed by atoms with Crippen molar-refractivity contribution in [3.05, 3.63) is 30.3 Å². The summed E-state index contributed by atoms with van der Waals surface area (Å²) in [5.74, 6) is 0.666. The molecule has 1 aromatic carbocycles. The van der Waals surface area contributed by atoms with Crippen molar-refractivity contribution >= 4 is 39.8 Å². The van der Waals surface area contributed by atoms with E-state index in [1.807, 2.05) is 6.92 Å². The van der Waals surface area contributed by atoms with Crippen LogP contribution in [-0.2, 0) is 14.6 Å². The number of benzene rings is 1. The van der Waals surface area contributed by atoms with Crippen molar-refractivity contribution in [1.82, 2.24) is 15.5 Å². The second-order valence-corrected chi connectivity index (χ2v) is 8.08. The summed E-state index contributed by atoms with van der Waals surface area (Å²) in [6.07, 6.45) is 0.992. The van der Waals surface area contributed by atoms with Crippen LogP contribution >= 0.6 is 24.0 Å². The lowest BCUT2D eigenvalue weighted by Gasteiger charge is -2.16. The Balaban J connectivity index is 0.00000676. The van der Waals surface area contributed by atoms with Gasteiger partial charge in [0, 0.05) is 39.9 Å². The molecule has 0 saturated carbocycles. The minimum atomic E-state index is -3.28. The molecule has 0 aliphatic carbocycles. The van der Waals surface area contributed by atoms with Gasteiger partial charge in [0.2, 0.25) is 0 Å². The van der Waals surface area contributed by atoms with Gasteiger partial charge in [-0.3, -0.25) is 4.99 Å². The predicted molar refractivity (Wildman–Crippen MR) is 122 cm³/mol. The summed E-state index contributed by atoms with van der Waals surface area (Å²) in [6.45, 7) is 6.21. The minimum absolute atomic E-state index is 0. The van der Waals surface area contributed by atoms with Crippen molar-refractivity contribution in [1.29, 1.82) is 0 Å². The summed E-state index contributed by atoms with van der Waals surface area (Å²) in [6, 6.07) is 8.51. The molecule has 0 amide bonds. The first kappa shape index (κ1) is 26.1. The Labute approximate surface area is 180 Å². The first-order valence-electron chi connectivity index (χ1n) is 8.97. The molecule has 0 aromatic heterocycles. The molecule has 7 nitrogen and oxygen atoms in total. The van der Waals surface area contributed by atoms with Crippen LogP contribution in [-0.4, -0.2) is 78.5 Å². The molecule has 1 aromatic rings. The number of guanidine groups is 1. The SMILES string of the molecule is CCNC(=NCCN(C)CCCOC)NCCS(=O)(=O)c1ccccc1.I. The molecule has 1 rings (SSSR count). The number of likely N-dealkylation sites (N-methyl/N-ethyl adjacent to an activating group) is 1. The molecule has 2 N–H and O–H groups in total. The van der Waals surface area contributed by atoms with E-state index in [2.05, 4.69) is 27.6 Å². The van der Waals surface area contributed by atoms with Gasteiger partial charge < -0.3 is 20.3 Å². The fourth-order valence-electron chi connectivity index (χ4n) is 2.31. The zero-order chi connectivity index (χ0) is 19.3. The number of ether oxygens (including phenoxy) is 1. The van der Waals surface area contributed by atoms with Crippen LogP contribution < -0.4 is 10.6 Å². The summed E-state index contributed by atoms with van der Waals surface area (Å²) in [7, 11) is 0.476. The quantitative estimate of drug-likeness (QED) is 0.192. The zero-order valence-electron chi connectivity index (χ0n) is 16.5. The van der Waals surface area contributed by atoms with Crippen molar-refractivity contribution in [2.24, 2.45) is 4.99 Å². The summed E-state index contributed by atoms with van der Waals surface area (Å²) in [5.41, 5.74) is 0. The van der Waals surface area contributed by atoms with E-state index in [1.54, 1.807) is 37.4 Å². The van der Waals surface area contributed by atoms with Crippen molar-refractivity contribution in [2.45, 2.75) is 18.2 Å². The molecule has 9 heteroatoms. The number of nitrogens with zero attached hydrogens (tertiary/aromatic N) is 2. The van der Waals surface area contributed by atoms with Crippen molar-refractivity contribution in [3.8, 4) is 0 Å². The van der Waals surface area contributed by atoms with Crippen LogP contribution in [0.3, 0.4) is 0 Å². The van der Waals surface area contributed by atoms with Gasteiger partial charge in [-0.25, -0.2) is 8.42 Å². The molecule has 0 heterocycles. The molecule has 0 spiro atoms. The van der Waals surface area contributed by atoms with Gasteiger partial charge in [-0.1, -0.05) is 18.2 Å². The van der Waals surface area contributed by atoms with Crippen molar-refractivity contribution in [2.75, 3.05) is 59.2 Å².